The molecule has 2 aromatic rings. The molecule has 0 N–H and O–H groups in total. The first-order valence-corrected chi connectivity index (χ1v) is 9.47. The molecule has 0 aromatic carbocycles. The lowest BCUT2D eigenvalue weighted by molar-refractivity contribution is -0.0898. The Balaban J connectivity index is 1.33. The minimum Gasteiger partial charge on any atom is -0.375 e. The van der Waals surface area contributed by atoms with E-state index in [1.807, 2.05) is 24.0 Å². The molecule has 0 spiro atoms. The number of rotatable bonds is 6. The number of hydrogen-bond donors (Lipinski definition) is 0. The Morgan fingerprint density at radius 1 is 1.33 bits per heavy atom. The average molecular weight is 348 g/mol. The number of thiazole rings is 1. The lowest BCUT2D eigenvalue weighted by Crippen LogP contribution is -2.50. The summed E-state index contributed by atoms with van der Waals surface area (Å²) in [5, 5.41) is 3.04. The Bertz CT molecular complexity index is 645. The molecular weight excluding hydrogens is 324 g/mol. The van der Waals surface area contributed by atoms with E-state index in [4.69, 9.17) is 9.47 Å². The highest BCUT2D eigenvalue weighted by Gasteiger charge is 2.42. The minimum atomic E-state index is 0.287. The van der Waals surface area contributed by atoms with Crippen molar-refractivity contribution in [3.8, 4) is 0 Å². The van der Waals surface area contributed by atoms with E-state index >= 15 is 0 Å². The van der Waals surface area contributed by atoms with Gasteiger partial charge in [-0.05, 0) is 12.8 Å². The molecule has 0 unspecified atom stereocenters. The van der Waals surface area contributed by atoms with Crippen LogP contribution in [0.3, 0.4) is 0 Å². The van der Waals surface area contributed by atoms with Crippen molar-refractivity contribution >= 4 is 11.3 Å². The maximum atomic E-state index is 6.12. The molecule has 7 heteroatoms. The first kappa shape index (κ1) is 16.2. The van der Waals surface area contributed by atoms with Gasteiger partial charge in [0, 0.05) is 49.5 Å². The predicted octanol–water partition coefficient (Wildman–Crippen LogP) is 2.07. The first-order valence-electron chi connectivity index (χ1n) is 8.59. The molecule has 2 aromatic heterocycles. The molecule has 2 fully saturated rings. The number of nitrogens with zero attached hydrogens (tertiary/aromatic N) is 4. The Morgan fingerprint density at radius 2 is 2.29 bits per heavy atom. The van der Waals surface area contributed by atoms with Gasteiger partial charge in [-0.2, -0.15) is 0 Å². The van der Waals surface area contributed by atoms with Crippen LogP contribution in [0.4, 0.5) is 0 Å². The van der Waals surface area contributed by atoms with Gasteiger partial charge in [0.15, 0.2) is 0 Å². The standard InChI is InChI=1S/C17H24N4O2S/c1-20-6-4-18-15(20)10-21-7-8-23-17-13(2-3-14(17)21)11-22-12-16-19-5-9-24-16/h4-6,9,13-14,17H,2-3,7-8,10-12H2,1H3/t13-,14-,17+/m0/s1. The molecule has 24 heavy (non-hydrogen) atoms. The van der Waals surface area contributed by atoms with E-state index in [1.54, 1.807) is 11.3 Å². The van der Waals surface area contributed by atoms with Gasteiger partial charge in [0.1, 0.15) is 10.8 Å². The van der Waals surface area contributed by atoms with Crippen LogP contribution in [0.2, 0.25) is 0 Å². The fourth-order valence-corrected chi connectivity index (χ4v) is 4.42. The molecule has 3 heterocycles. The Morgan fingerprint density at radius 3 is 3.08 bits per heavy atom. The quantitative estimate of drug-likeness (QED) is 0.800. The molecule has 2 aliphatic rings. The predicted molar refractivity (Wildman–Crippen MR) is 91.6 cm³/mol. The molecule has 0 bridgehead atoms. The molecule has 0 amide bonds. The van der Waals surface area contributed by atoms with Crippen LogP contribution in [0.25, 0.3) is 0 Å². The van der Waals surface area contributed by atoms with Gasteiger partial charge in [0.2, 0.25) is 0 Å². The fourth-order valence-electron chi connectivity index (χ4n) is 3.86. The summed E-state index contributed by atoms with van der Waals surface area (Å²) < 4.78 is 14.1. The summed E-state index contributed by atoms with van der Waals surface area (Å²) >= 11 is 1.65. The van der Waals surface area contributed by atoms with Crippen LogP contribution in [0.15, 0.2) is 24.0 Å². The number of ether oxygens (including phenoxy) is 2. The highest BCUT2D eigenvalue weighted by atomic mass is 32.1. The molecule has 4 rings (SSSR count). The molecule has 1 saturated heterocycles. The van der Waals surface area contributed by atoms with Crippen LogP contribution >= 0.6 is 11.3 Å². The van der Waals surface area contributed by atoms with Gasteiger partial charge in [-0.25, -0.2) is 9.97 Å². The third-order valence-electron chi connectivity index (χ3n) is 5.14. The van der Waals surface area contributed by atoms with E-state index < -0.39 is 0 Å². The number of aryl methyl sites for hydroxylation is 1. The monoisotopic (exact) mass is 348 g/mol. The minimum absolute atomic E-state index is 0.287. The maximum Gasteiger partial charge on any atom is 0.122 e. The second-order valence-electron chi connectivity index (χ2n) is 6.61. The van der Waals surface area contributed by atoms with E-state index in [0.717, 1.165) is 37.1 Å². The van der Waals surface area contributed by atoms with Gasteiger partial charge >= 0.3 is 0 Å². The Kier molecular flexibility index (Phi) is 4.93. The SMILES string of the molecule is Cn1ccnc1CN1CCO[C@@H]2[C@H](COCc3nccs3)CC[C@@H]21. The number of imidazole rings is 1. The molecular formula is C17H24N4O2S. The van der Waals surface area contributed by atoms with Crippen LogP contribution in [-0.4, -0.2) is 51.3 Å². The van der Waals surface area contributed by atoms with E-state index in [-0.39, 0.29) is 6.10 Å². The molecule has 3 atom stereocenters. The Labute approximate surface area is 146 Å². The zero-order valence-electron chi connectivity index (χ0n) is 14.0. The van der Waals surface area contributed by atoms with E-state index in [9.17, 15) is 0 Å². The summed E-state index contributed by atoms with van der Waals surface area (Å²) in [6.45, 7) is 4.07. The van der Waals surface area contributed by atoms with Crippen molar-refractivity contribution in [1.82, 2.24) is 19.4 Å². The largest absolute Gasteiger partial charge is 0.375 e. The van der Waals surface area contributed by atoms with Crippen molar-refractivity contribution in [2.75, 3.05) is 19.8 Å². The van der Waals surface area contributed by atoms with Gasteiger partial charge in [-0.3, -0.25) is 4.90 Å². The molecule has 1 saturated carbocycles. The second-order valence-corrected chi connectivity index (χ2v) is 7.59. The summed E-state index contributed by atoms with van der Waals surface area (Å²) in [6.07, 6.45) is 8.35. The van der Waals surface area contributed by atoms with Gasteiger partial charge < -0.3 is 14.0 Å². The van der Waals surface area contributed by atoms with Crippen LogP contribution in [0.5, 0.6) is 0 Å². The van der Waals surface area contributed by atoms with Crippen molar-refractivity contribution in [3.63, 3.8) is 0 Å². The van der Waals surface area contributed by atoms with E-state index in [2.05, 4.69) is 26.5 Å². The summed E-state index contributed by atoms with van der Waals surface area (Å²) in [5.41, 5.74) is 0. The van der Waals surface area contributed by atoms with Gasteiger partial charge in [-0.15, -0.1) is 11.3 Å². The molecule has 1 aliphatic heterocycles. The van der Waals surface area contributed by atoms with Crippen molar-refractivity contribution in [3.05, 3.63) is 34.8 Å². The number of hydrogen-bond acceptors (Lipinski definition) is 6. The third kappa shape index (κ3) is 3.39. The summed E-state index contributed by atoms with van der Waals surface area (Å²) in [5.74, 6) is 1.61. The van der Waals surface area contributed by atoms with Crippen LogP contribution in [-0.2, 0) is 29.7 Å². The third-order valence-corrected chi connectivity index (χ3v) is 5.89. The smallest absolute Gasteiger partial charge is 0.122 e. The van der Waals surface area contributed by atoms with Crippen LogP contribution < -0.4 is 0 Å². The Hall–Kier alpha value is -1.28. The van der Waals surface area contributed by atoms with Gasteiger partial charge in [-0.1, -0.05) is 0 Å². The lowest BCUT2D eigenvalue weighted by atomic mass is 10.0. The normalized spacial score (nSPS) is 27.5. The number of morpholine rings is 1. The van der Waals surface area contributed by atoms with Crippen molar-refractivity contribution in [1.29, 1.82) is 0 Å². The molecule has 1 aliphatic carbocycles. The first-order chi connectivity index (χ1) is 11.8. The molecule has 130 valence electrons. The average Bonchev–Trinajstić information content (AvgIpc) is 3.31. The summed E-state index contributed by atoms with van der Waals surface area (Å²) in [7, 11) is 2.06. The van der Waals surface area contributed by atoms with E-state index in [0.29, 0.717) is 18.6 Å². The fraction of sp³-hybridized carbons (Fsp3) is 0.647. The maximum absolute atomic E-state index is 6.12. The second kappa shape index (κ2) is 7.31. The zero-order chi connectivity index (χ0) is 16.4. The summed E-state index contributed by atoms with van der Waals surface area (Å²) in [4.78, 5) is 11.3. The highest BCUT2D eigenvalue weighted by Crippen LogP contribution is 2.35. The topological polar surface area (TPSA) is 52.4 Å². The summed E-state index contributed by atoms with van der Waals surface area (Å²) in [6, 6.07) is 0.490. The van der Waals surface area contributed by atoms with Gasteiger partial charge in [0.05, 0.1) is 32.5 Å². The highest BCUT2D eigenvalue weighted by molar-refractivity contribution is 7.09. The molecule has 6 nitrogen and oxygen atoms in total. The van der Waals surface area contributed by atoms with Crippen molar-refractivity contribution < 1.29 is 9.47 Å². The number of fused-ring (bicyclic) bond motifs is 1. The number of aromatic nitrogens is 3. The molecule has 0 radical (unpaired) electrons. The van der Waals surface area contributed by atoms with Crippen molar-refractivity contribution in [2.45, 2.75) is 38.1 Å². The van der Waals surface area contributed by atoms with Gasteiger partial charge in [0.25, 0.3) is 0 Å². The zero-order valence-corrected chi connectivity index (χ0v) is 14.8. The lowest BCUT2D eigenvalue weighted by Gasteiger charge is -2.39. The van der Waals surface area contributed by atoms with E-state index in [1.165, 1.54) is 12.8 Å². The van der Waals surface area contributed by atoms with Crippen LogP contribution in [0, 0.1) is 5.92 Å². The van der Waals surface area contributed by atoms with Crippen LogP contribution in [0.1, 0.15) is 23.7 Å². The van der Waals surface area contributed by atoms with Crippen molar-refractivity contribution in [2.24, 2.45) is 13.0 Å².